The molecule has 1 atom stereocenters. The summed E-state index contributed by atoms with van der Waals surface area (Å²) in [6.45, 7) is 6.74. The lowest BCUT2D eigenvalue weighted by Crippen LogP contribution is -2.44. The zero-order valence-electron chi connectivity index (χ0n) is 53.5. The van der Waals surface area contributed by atoms with E-state index in [1.54, 1.807) is 44.2 Å². The molecule has 5 aromatic carbocycles. The Bertz CT molecular complexity index is 4160. The van der Waals surface area contributed by atoms with E-state index in [2.05, 4.69) is 48.7 Å². The monoisotopic (exact) mass is 1370 g/mol. The number of nitro groups is 3. The summed E-state index contributed by atoms with van der Waals surface area (Å²) in [4.78, 5) is 122. The Morgan fingerprint density at radius 2 is 0.890 bits per heavy atom. The molecule has 12 rings (SSSR count). The Balaban J connectivity index is 0.000000156. The first-order valence-electron chi connectivity index (χ1n) is 30.5. The second kappa shape index (κ2) is 31.9. The second-order valence-corrected chi connectivity index (χ2v) is 22.3. The average molecular weight is 1370 g/mol. The van der Waals surface area contributed by atoms with Gasteiger partial charge in [0.15, 0.2) is 17.3 Å². The fourth-order valence-corrected chi connectivity index (χ4v) is 10.2. The number of alkyl carbamates (subject to hydrolysis) is 1. The third-order valence-corrected chi connectivity index (χ3v) is 15.4. The average Bonchev–Trinajstić information content (AvgIpc) is 1.62. The number of aliphatic hydroxyl groups is 1. The first-order chi connectivity index (χ1) is 47.9. The molecule has 33 heteroatoms. The van der Waals surface area contributed by atoms with Gasteiger partial charge in [-0.3, -0.25) is 60.7 Å². The number of nitro benzene ring substituents is 3. The predicted molar refractivity (Wildman–Crippen MR) is 355 cm³/mol. The molecule has 6 N–H and O–H groups in total. The van der Waals surface area contributed by atoms with E-state index >= 15 is 0 Å². The molecule has 0 unspecified atom stereocenters. The van der Waals surface area contributed by atoms with E-state index in [9.17, 15) is 73.8 Å². The maximum absolute atomic E-state index is 12.0. The number of furan rings is 3. The van der Waals surface area contributed by atoms with Crippen LogP contribution in [-0.2, 0) is 43.4 Å². The number of aryl methyl sites for hydroxylation is 2. The van der Waals surface area contributed by atoms with Crippen molar-refractivity contribution in [3.63, 3.8) is 0 Å². The van der Waals surface area contributed by atoms with Crippen LogP contribution in [0.25, 0.3) is 45.1 Å². The van der Waals surface area contributed by atoms with Gasteiger partial charge < -0.3 is 33.5 Å². The van der Waals surface area contributed by atoms with E-state index in [-0.39, 0.29) is 67.5 Å². The molecule has 100 heavy (non-hydrogen) atoms. The number of carbonyl (C=O) groups excluding carboxylic acids is 7. The van der Waals surface area contributed by atoms with Crippen LogP contribution in [0.15, 0.2) is 168 Å². The number of benzene rings is 5. The first kappa shape index (κ1) is 71.0. The highest BCUT2D eigenvalue weighted by Gasteiger charge is 2.32. The van der Waals surface area contributed by atoms with Crippen LogP contribution in [0.2, 0.25) is 0 Å². The lowest BCUT2D eigenvalue weighted by molar-refractivity contribution is -0.385. The van der Waals surface area contributed by atoms with Gasteiger partial charge in [-0.05, 0) is 107 Å². The number of urea groups is 3. The molecular weight excluding hydrogens is 1310 g/mol. The van der Waals surface area contributed by atoms with Crippen LogP contribution in [0.4, 0.5) is 36.2 Å². The topological polar surface area (TPSA) is 450 Å². The number of carboxylic acid groups (broad SMARTS) is 1. The molecule has 3 aromatic heterocycles. The van der Waals surface area contributed by atoms with E-state index in [0.717, 1.165) is 48.4 Å². The summed E-state index contributed by atoms with van der Waals surface area (Å²) in [5.74, 6) is -0.0353. The third-order valence-electron chi connectivity index (χ3n) is 15.4. The quantitative estimate of drug-likeness (QED) is 0.0179. The number of nitrogens with one attached hydrogen (secondary N) is 4. The van der Waals surface area contributed by atoms with Gasteiger partial charge >= 0.3 is 30.2 Å². The molecule has 0 bridgehead atoms. The van der Waals surface area contributed by atoms with Gasteiger partial charge in [0.1, 0.15) is 49.6 Å². The number of carboxylic acids is 1. The van der Waals surface area contributed by atoms with Crippen LogP contribution in [0.5, 0.6) is 0 Å². The zero-order valence-corrected chi connectivity index (χ0v) is 53.5. The molecule has 3 fully saturated rings. The molecule has 0 spiro atoms. The molecular formula is C67H61N13O20. The lowest BCUT2D eigenvalue weighted by Gasteiger charge is -2.19. The number of aliphatic hydroxyl groups excluding tert-OH is 1. The smallest absolute Gasteiger partial charge is 0.407 e. The minimum Gasteiger partial charge on any atom is -0.480 e. The van der Waals surface area contributed by atoms with Crippen molar-refractivity contribution < 1.29 is 81.3 Å². The number of fused-ring (bicyclic) bond motifs is 3. The van der Waals surface area contributed by atoms with Gasteiger partial charge in [-0.25, -0.2) is 39.0 Å². The summed E-state index contributed by atoms with van der Waals surface area (Å²) in [5.41, 5.74) is 8.59. The van der Waals surface area contributed by atoms with Crippen LogP contribution >= 0.6 is 0 Å². The number of imide groups is 3. The van der Waals surface area contributed by atoms with Crippen LogP contribution in [0.3, 0.4) is 0 Å². The second-order valence-electron chi connectivity index (χ2n) is 22.3. The van der Waals surface area contributed by atoms with Gasteiger partial charge in [-0.2, -0.15) is 15.3 Å². The summed E-state index contributed by atoms with van der Waals surface area (Å²) >= 11 is 0. The normalized spacial score (nSPS) is 14.2. The summed E-state index contributed by atoms with van der Waals surface area (Å²) < 4.78 is 22.5. The number of nitrogens with zero attached hydrogens (tertiary/aromatic N) is 9. The van der Waals surface area contributed by atoms with Gasteiger partial charge in [0.2, 0.25) is 17.7 Å². The van der Waals surface area contributed by atoms with Crippen molar-refractivity contribution in [2.24, 2.45) is 21.2 Å². The number of hydrazone groups is 3. The van der Waals surface area contributed by atoms with Crippen LogP contribution in [0, 0.1) is 36.3 Å². The van der Waals surface area contributed by atoms with Crippen molar-refractivity contribution in [3.05, 3.63) is 215 Å². The van der Waals surface area contributed by atoms with Crippen molar-refractivity contribution in [3.8, 4) is 45.1 Å². The van der Waals surface area contributed by atoms with Crippen LogP contribution < -0.4 is 21.3 Å². The highest BCUT2D eigenvalue weighted by atomic mass is 16.6. The summed E-state index contributed by atoms with van der Waals surface area (Å²) in [7, 11) is 0. The molecule has 6 heterocycles. The SMILES string of the molecule is CC(C)[C@H](NC(=O)OCC1c2ccccc2-c2ccccc21)C(=O)O.CCc1cc(-c2ccc([N+](=O)[O-])cc2)oc1/C=N/N1CC(=O)NC1=O.CCc1cc(-c2ccc([N+](=O)[O-])cc2)oc1/C=N/N1CC(=O)NC1=O.O=C1CN(/N=C/c2oc(-c3ccc([N+](=O)[O-])cc3)cc2CO)C(=O)N1. The van der Waals surface area contributed by atoms with Gasteiger partial charge in [-0.1, -0.05) is 76.2 Å². The van der Waals surface area contributed by atoms with Gasteiger partial charge in [0.25, 0.3) is 17.1 Å². The largest absolute Gasteiger partial charge is 0.480 e. The fourth-order valence-electron chi connectivity index (χ4n) is 10.2. The standard InChI is InChI=1S/C20H21NO4.2C16H14N4O5.C15H12N4O6/c1-12(2)18(19(22)23)21-20(24)25-11-17-15-9-5-3-7-13(15)14-8-4-6-10-16(14)17;2*1-2-10-7-13(11-3-5-12(6-4-11)20(23)24)25-14(10)8-17-19-9-15(21)18-16(19)22;20-8-10-5-12(9-1-3-11(4-2-9)19(23)24)25-13(10)6-16-18-7-14(21)17-15(18)22/h3-10,12,17-18H,11H2,1-2H3,(H,21,24)(H,22,23);2*3-8H,2,9H2,1H3,(H,18,21,22);1-6,20H,7-8H2,(H,17,21,22)/b;2*17-8+;16-6+/t18-;;;/m0.../s1. The molecule has 3 saturated heterocycles. The third kappa shape index (κ3) is 17.4. The molecule has 514 valence electrons. The zero-order chi connectivity index (χ0) is 71.9. The minimum atomic E-state index is -1.07. The molecule has 1 aliphatic carbocycles. The Labute approximate surface area is 565 Å². The van der Waals surface area contributed by atoms with E-state index < -0.39 is 68.7 Å². The van der Waals surface area contributed by atoms with Gasteiger partial charge in [0, 0.05) is 64.6 Å². The molecule has 8 aromatic rings. The van der Waals surface area contributed by atoms with E-state index in [1.165, 1.54) is 67.2 Å². The molecule has 0 saturated carbocycles. The van der Waals surface area contributed by atoms with Gasteiger partial charge in [0.05, 0.1) is 40.0 Å². The van der Waals surface area contributed by atoms with E-state index in [1.807, 2.05) is 62.4 Å². The fraction of sp³-hybridized carbons (Fsp3) is 0.209. The first-order valence-corrected chi connectivity index (χ1v) is 30.5. The highest BCUT2D eigenvalue weighted by molar-refractivity contribution is 6.03. The molecule has 33 nitrogen and oxygen atoms in total. The van der Waals surface area contributed by atoms with Crippen molar-refractivity contribution in [2.75, 3.05) is 26.2 Å². The van der Waals surface area contributed by atoms with Crippen LogP contribution in [-0.4, -0.2) is 139 Å². The molecule has 3 aliphatic heterocycles. The Morgan fingerprint density at radius 3 is 1.18 bits per heavy atom. The van der Waals surface area contributed by atoms with Crippen molar-refractivity contribution in [1.29, 1.82) is 0 Å². The maximum atomic E-state index is 12.0. The van der Waals surface area contributed by atoms with Crippen molar-refractivity contribution in [1.82, 2.24) is 36.3 Å². The number of hydrogen-bond donors (Lipinski definition) is 6. The molecule has 10 amide bonds. The lowest BCUT2D eigenvalue weighted by atomic mass is 9.98. The highest BCUT2D eigenvalue weighted by Crippen LogP contribution is 2.44. The number of amides is 10. The molecule has 0 radical (unpaired) electrons. The number of aliphatic carboxylic acids is 1. The predicted octanol–water partition coefficient (Wildman–Crippen LogP) is 9.47. The Kier molecular flexibility index (Phi) is 22.7. The summed E-state index contributed by atoms with van der Waals surface area (Å²) in [5, 5.41) is 74.2. The number of non-ortho nitro benzene ring substituents is 3. The summed E-state index contributed by atoms with van der Waals surface area (Å²) in [6.07, 6.45) is 4.62. The maximum Gasteiger partial charge on any atom is 0.407 e. The Morgan fingerprint density at radius 1 is 0.560 bits per heavy atom. The van der Waals surface area contributed by atoms with E-state index in [4.69, 9.17) is 23.1 Å². The number of carbonyl (C=O) groups is 8. The summed E-state index contributed by atoms with van der Waals surface area (Å²) in [6, 6.07) is 36.3. The number of ether oxygens (including phenoxy) is 1. The van der Waals surface area contributed by atoms with Crippen molar-refractivity contribution >= 4 is 83.6 Å². The molecule has 4 aliphatic rings. The van der Waals surface area contributed by atoms with Crippen molar-refractivity contribution in [2.45, 2.75) is 59.1 Å². The van der Waals surface area contributed by atoms with E-state index in [0.29, 0.717) is 63.9 Å². The Hall–Kier alpha value is -13.3. The number of rotatable bonds is 20. The van der Waals surface area contributed by atoms with Crippen LogP contribution in [0.1, 0.15) is 78.7 Å². The number of hydrogen-bond acceptors (Lipinski definition) is 22. The van der Waals surface area contributed by atoms with Gasteiger partial charge in [-0.15, -0.1) is 0 Å². The minimum absolute atomic E-state index is 0.00230.